The number of rotatable bonds is 6. The lowest BCUT2D eigenvalue weighted by atomic mass is 10.0. The molecule has 3 unspecified atom stereocenters. The zero-order valence-corrected chi connectivity index (χ0v) is 10.6. The van der Waals surface area contributed by atoms with E-state index in [9.17, 15) is 18.0 Å². The second-order valence-corrected chi connectivity index (χ2v) is 4.60. The summed E-state index contributed by atoms with van der Waals surface area (Å²) in [7, 11) is 0. The van der Waals surface area contributed by atoms with Gasteiger partial charge in [-0.1, -0.05) is 6.92 Å². The smallest absolute Gasteiger partial charge is 0.415 e. The average Bonchev–Trinajstić information content (AvgIpc) is 2.75. The molecule has 0 radical (unpaired) electrons. The molecule has 19 heavy (non-hydrogen) atoms. The summed E-state index contributed by atoms with van der Waals surface area (Å²) >= 11 is 0. The predicted molar refractivity (Wildman–Crippen MR) is 59.7 cm³/mol. The van der Waals surface area contributed by atoms with Crippen LogP contribution < -0.4 is 0 Å². The first-order chi connectivity index (χ1) is 8.77. The lowest BCUT2D eigenvalue weighted by Gasteiger charge is -2.32. The highest BCUT2D eigenvalue weighted by molar-refractivity contribution is 5.71. The summed E-state index contributed by atoms with van der Waals surface area (Å²) in [6.45, 7) is 1.49. The molecule has 0 aliphatic carbocycles. The first kappa shape index (κ1) is 16.2. The molecule has 0 bridgehead atoms. The van der Waals surface area contributed by atoms with Crippen LogP contribution in [0.25, 0.3) is 0 Å². The Labute approximate surface area is 109 Å². The SMILES string of the molecule is CCCN(CC(O)C(F)(F)F)C1COCC1C(=O)O. The van der Waals surface area contributed by atoms with Gasteiger partial charge in [-0.2, -0.15) is 13.2 Å². The minimum absolute atomic E-state index is 0.0116. The van der Waals surface area contributed by atoms with E-state index in [0.717, 1.165) is 0 Å². The molecule has 112 valence electrons. The Balaban J connectivity index is 2.74. The van der Waals surface area contributed by atoms with Crippen LogP contribution in [-0.2, 0) is 9.53 Å². The summed E-state index contributed by atoms with van der Waals surface area (Å²) in [5.74, 6) is -1.95. The van der Waals surface area contributed by atoms with Gasteiger partial charge in [0.05, 0.1) is 19.1 Å². The predicted octanol–water partition coefficient (Wildman–Crippen LogP) is 0.721. The molecule has 1 aliphatic heterocycles. The van der Waals surface area contributed by atoms with Crippen LogP contribution in [0.2, 0.25) is 0 Å². The third-order valence-corrected chi connectivity index (χ3v) is 3.13. The number of halogens is 3. The van der Waals surface area contributed by atoms with Gasteiger partial charge in [0.25, 0.3) is 0 Å². The number of carboxylic acids is 1. The fraction of sp³-hybridized carbons (Fsp3) is 0.909. The van der Waals surface area contributed by atoms with E-state index in [1.54, 1.807) is 6.92 Å². The summed E-state index contributed by atoms with van der Waals surface area (Å²) in [6, 6.07) is -0.630. The molecule has 1 saturated heterocycles. The van der Waals surface area contributed by atoms with Crippen LogP contribution in [0.15, 0.2) is 0 Å². The van der Waals surface area contributed by atoms with E-state index in [-0.39, 0.29) is 19.8 Å². The molecule has 1 fully saturated rings. The normalized spacial score (nSPS) is 25.8. The lowest BCUT2D eigenvalue weighted by molar-refractivity contribution is -0.209. The molecule has 8 heteroatoms. The third kappa shape index (κ3) is 4.32. The molecule has 1 heterocycles. The van der Waals surface area contributed by atoms with Gasteiger partial charge in [0.15, 0.2) is 6.10 Å². The number of aliphatic hydroxyl groups excluding tert-OH is 1. The highest BCUT2D eigenvalue weighted by Gasteiger charge is 2.43. The lowest BCUT2D eigenvalue weighted by Crippen LogP contribution is -2.49. The molecule has 0 amide bonds. The molecule has 2 N–H and O–H groups in total. The summed E-state index contributed by atoms with van der Waals surface area (Å²) in [6.07, 6.45) is -6.62. The first-order valence-corrected chi connectivity index (χ1v) is 6.06. The van der Waals surface area contributed by atoms with E-state index < -0.39 is 36.8 Å². The maximum Gasteiger partial charge on any atom is 0.415 e. The molecular formula is C11H18F3NO4. The van der Waals surface area contributed by atoms with Crippen molar-refractivity contribution in [3.8, 4) is 0 Å². The van der Waals surface area contributed by atoms with Crippen LogP contribution in [0, 0.1) is 5.92 Å². The Morgan fingerprint density at radius 1 is 1.47 bits per heavy atom. The van der Waals surface area contributed by atoms with E-state index in [2.05, 4.69) is 0 Å². The number of aliphatic hydroxyl groups is 1. The van der Waals surface area contributed by atoms with Crippen LogP contribution >= 0.6 is 0 Å². The number of carbonyl (C=O) groups is 1. The highest BCUT2D eigenvalue weighted by atomic mass is 19.4. The standard InChI is InChI=1S/C11H18F3NO4/c1-2-3-15(4-9(16)11(12,13)14)8-6-19-5-7(8)10(17)18/h7-9,16H,2-6H2,1H3,(H,17,18). The van der Waals surface area contributed by atoms with Crippen molar-refractivity contribution >= 4 is 5.97 Å². The van der Waals surface area contributed by atoms with Gasteiger partial charge >= 0.3 is 12.1 Å². The van der Waals surface area contributed by atoms with E-state index in [4.69, 9.17) is 14.9 Å². The molecule has 0 spiro atoms. The van der Waals surface area contributed by atoms with Gasteiger partial charge in [0.2, 0.25) is 0 Å². The van der Waals surface area contributed by atoms with Gasteiger partial charge in [0.1, 0.15) is 0 Å². The average molecular weight is 285 g/mol. The van der Waals surface area contributed by atoms with Crippen LogP contribution in [0.3, 0.4) is 0 Å². The van der Waals surface area contributed by atoms with Crippen molar-refractivity contribution in [2.45, 2.75) is 31.7 Å². The Bertz CT molecular complexity index is 311. The molecule has 0 aromatic heterocycles. The molecule has 3 atom stereocenters. The van der Waals surface area contributed by atoms with Crippen molar-refractivity contribution < 1.29 is 32.9 Å². The number of ether oxygens (including phenoxy) is 1. The van der Waals surface area contributed by atoms with Gasteiger partial charge in [-0.15, -0.1) is 0 Å². The fourth-order valence-corrected chi connectivity index (χ4v) is 2.14. The molecule has 0 saturated carbocycles. The van der Waals surface area contributed by atoms with Crippen molar-refractivity contribution in [1.82, 2.24) is 4.90 Å². The topological polar surface area (TPSA) is 70.0 Å². The monoisotopic (exact) mass is 285 g/mol. The number of aliphatic carboxylic acids is 1. The van der Waals surface area contributed by atoms with Crippen molar-refractivity contribution in [2.75, 3.05) is 26.3 Å². The molecule has 0 aromatic carbocycles. The van der Waals surface area contributed by atoms with E-state index >= 15 is 0 Å². The molecule has 1 rings (SSSR count). The van der Waals surface area contributed by atoms with Crippen LogP contribution in [0.5, 0.6) is 0 Å². The number of hydrogen-bond acceptors (Lipinski definition) is 4. The van der Waals surface area contributed by atoms with Crippen LogP contribution in [0.1, 0.15) is 13.3 Å². The summed E-state index contributed by atoms with van der Waals surface area (Å²) in [5, 5.41) is 18.1. The van der Waals surface area contributed by atoms with Crippen molar-refractivity contribution in [3.05, 3.63) is 0 Å². The van der Waals surface area contributed by atoms with Gasteiger partial charge in [0, 0.05) is 12.6 Å². The van der Waals surface area contributed by atoms with Gasteiger partial charge in [-0.25, -0.2) is 0 Å². The second-order valence-electron chi connectivity index (χ2n) is 4.60. The summed E-state index contributed by atoms with van der Waals surface area (Å²) < 4.78 is 42.1. The van der Waals surface area contributed by atoms with Gasteiger partial charge in [-0.3, -0.25) is 9.69 Å². The maximum atomic E-state index is 12.4. The van der Waals surface area contributed by atoms with Crippen LogP contribution in [-0.4, -0.2) is 65.7 Å². The molecule has 5 nitrogen and oxygen atoms in total. The Kier molecular flexibility index (Phi) is 5.57. The Morgan fingerprint density at radius 2 is 2.11 bits per heavy atom. The molecule has 1 aliphatic rings. The molecular weight excluding hydrogens is 267 g/mol. The maximum absolute atomic E-state index is 12.4. The van der Waals surface area contributed by atoms with E-state index in [1.165, 1.54) is 4.90 Å². The first-order valence-electron chi connectivity index (χ1n) is 6.06. The Hall–Kier alpha value is -0.860. The zero-order chi connectivity index (χ0) is 14.6. The minimum atomic E-state index is -4.70. The molecule has 0 aromatic rings. The number of hydrogen-bond donors (Lipinski definition) is 2. The zero-order valence-electron chi connectivity index (χ0n) is 10.6. The fourth-order valence-electron chi connectivity index (χ4n) is 2.14. The third-order valence-electron chi connectivity index (χ3n) is 3.13. The number of nitrogens with zero attached hydrogens (tertiary/aromatic N) is 1. The Morgan fingerprint density at radius 3 is 2.58 bits per heavy atom. The van der Waals surface area contributed by atoms with Crippen molar-refractivity contribution in [2.24, 2.45) is 5.92 Å². The second kappa shape index (κ2) is 6.53. The largest absolute Gasteiger partial charge is 0.481 e. The number of alkyl halides is 3. The van der Waals surface area contributed by atoms with Gasteiger partial charge in [-0.05, 0) is 13.0 Å². The van der Waals surface area contributed by atoms with Gasteiger partial charge < -0.3 is 14.9 Å². The minimum Gasteiger partial charge on any atom is -0.481 e. The van der Waals surface area contributed by atoms with E-state index in [1.807, 2.05) is 0 Å². The number of carboxylic acid groups (broad SMARTS) is 1. The summed E-state index contributed by atoms with van der Waals surface area (Å²) in [5.41, 5.74) is 0. The van der Waals surface area contributed by atoms with Crippen molar-refractivity contribution in [3.63, 3.8) is 0 Å². The highest BCUT2D eigenvalue weighted by Crippen LogP contribution is 2.25. The van der Waals surface area contributed by atoms with Crippen molar-refractivity contribution in [1.29, 1.82) is 0 Å². The summed E-state index contributed by atoms with van der Waals surface area (Å²) in [4.78, 5) is 12.4. The van der Waals surface area contributed by atoms with Crippen LogP contribution in [0.4, 0.5) is 13.2 Å². The quantitative estimate of drug-likeness (QED) is 0.752. The van der Waals surface area contributed by atoms with E-state index in [0.29, 0.717) is 6.42 Å².